The van der Waals surface area contributed by atoms with Gasteiger partial charge < -0.3 is 9.47 Å². The number of aryl methyl sites for hydroxylation is 2. The Morgan fingerprint density at radius 1 is 0.955 bits per heavy atom. The minimum atomic E-state index is 0.792. The van der Waals surface area contributed by atoms with Crippen LogP contribution in [0.4, 0.5) is 5.82 Å². The van der Waals surface area contributed by atoms with Gasteiger partial charge in [0.15, 0.2) is 5.82 Å². The Hall–Kier alpha value is -1.91. The monoisotopic (exact) mass is 297 g/mol. The van der Waals surface area contributed by atoms with Crippen molar-refractivity contribution in [2.75, 3.05) is 18.0 Å². The lowest BCUT2D eigenvalue weighted by molar-refractivity contribution is 0.726. The van der Waals surface area contributed by atoms with Crippen molar-refractivity contribution in [3.8, 4) is 11.5 Å². The van der Waals surface area contributed by atoms with Gasteiger partial charge in [-0.3, -0.25) is 0 Å². The Morgan fingerprint density at radius 2 is 1.77 bits per heavy atom. The normalized spacial score (nSPS) is 18.3. The fraction of sp³-hybridized carbons (Fsp3) is 0.588. The van der Waals surface area contributed by atoms with Gasteiger partial charge in [0.2, 0.25) is 0 Å². The lowest BCUT2D eigenvalue weighted by atomic mass is 10.2. The van der Waals surface area contributed by atoms with Crippen LogP contribution < -0.4 is 4.90 Å². The Labute approximate surface area is 131 Å². The highest BCUT2D eigenvalue weighted by molar-refractivity contribution is 5.58. The highest BCUT2D eigenvalue weighted by Crippen LogP contribution is 2.32. The zero-order valence-corrected chi connectivity index (χ0v) is 13.3. The van der Waals surface area contributed by atoms with E-state index in [9.17, 15) is 0 Å². The number of hydrogen-bond acceptors (Lipinski definition) is 4. The van der Waals surface area contributed by atoms with Crippen LogP contribution in [0.1, 0.15) is 43.4 Å². The molecule has 22 heavy (non-hydrogen) atoms. The second kappa shape index (κ2) is 5.71. The molecule has 116 valence electrons. The minimum Gasteiger partial charge on any atom is -0.356 e. The molecule has 0 unspecified atom stereocenters. The van der Waals surface area contributed by atoms with Gasteiger partial charge in [0.05, 0.1) is 6.33 Å². The summed E-state index contributed by atoms with van der Waals surface area (Å²) in [6, 6.07) is 0. The lowest BCUT2D eigenvalue weighted by Crippen LogP contribution is -2.26. The molecule has 0 radical (unpaired) electrons. The van der Waals surface area contributed by atoms with Crippen LogP contribution in [0.3, 0.4) is 0 Å². The number of anilines is 1. The van der Waals surface area contributed by atoms with Gasteiger partial charge in [-0.15, -0.1) is 0 Å². The van der Waals surface area contributed by atoms with E-state index >= 15 is 0 Å². The van der Waals surface area contributed by atoms with Crippen LogP contribution in [-0.2, 0) is 19.9 Å². The van der Waals surface area contributed by atoms with E-state index in [4.69, 9.17) is 9.97 Å². The van der Waals surface area contributed by atoms with Gasteiger partial charge in [-0.25, -0.2) is 15.0 Å². The molecule has 1 saturated heterocycles. The van der Waals surface area contributed by atoms with Crippen LogP contribution in [-0.4, -0.2) is 32.6 Å². The largest absolute Gasteiger partial charge is 0.356 e. The molecule has 0 atom stereocenters. The van der Waals surface area contributed by atoms with E-state index in [1.54, 1.807) is 0 Å². The number of imidazole rings is 1. The summed E-state index contributed by atoms with van der Waals surface area (Å²) < 4.78 is 1.96. The van der Waals surface area contributed by atoms with Crippen molar-refractivity contribution in [2.24, 2.45) is 7.05 Å². The highest BCUT2D eigenvalue weighted by atomic mass is 15.2. The predicted molar refractivity (Wildman–Crippen MR) is 86.9 cm³/mol. The van der Waals surface area contributed by atoms with Crippen molar-refractivity contribution < 1.29 is 0 Å². The van der Waals surface area contributed by atoms with E-state index in [1.165, 1.54) is 49.2 Å². The van der Waals surface area contributed by atoms with E-state index in [0.29, 0.717) is 0 Å². The maximum atomic E-state index is 4.93. The van der Waals surface area contributed by atoms with E-state index in [2.05, 4.69) is 9.88 Å². The van der Waals surface area contributed by atoms with Crippen LogP contribution in [0, 0.1) is 0 Å². The van der Waals surface area contributed by atoms with Crippen molar-refractivity contribution in [1.82, 2.24) is 19.5 Å². The molecule has 3 heterocycles. The third-order valence-corrected chi connectivity index (χ3v) is 4.75. The Kier molecular flexibility index (Phi) is 3.56. The fourth-order valence-corrected chi connectivity index (χ4v) is 3.60. The summed E-state index contributed by atoms with van der Waals surface area (Å²) in [5.74, 6) is 1.98. The van der Waals surface area contributed by atoms with Gasteiger partial charge in [0.1, 0.15) is 11.5 Å². The van der Waals surface area contributed by atoms with Gasteiger partial charge in [-0.2, -0.15) is 0 Å². The van der Waals surface area contributed by atoms with Crippen LogP contribution in [0.25, 0.3) is 11.5 Å². The van der Waals surface area contributed by atoms with Crippen LogP contribution in [0.15, 0.2) is 12.5 Å². The van der Waals surface area contributed by atoms with Crippen LogP contribution in [0.2, 0.25) is 0 Å². The maximum Gasteiger partial charge on any atom is 0.182 e. The third-order valence-electron chi connectivity index (χ3n) is 4.75. The quantitative estimate of drug-likeness (QED) is 0.855. The molecule has 0 saturated carbocycles. The summed E-state index contributed by atoms with van der Waals surface area (Å²) >= 11 is 0. The van der Waals surface area contributed by atoms with Gasteiger partial charge in [-0.1, -0.05) is 12.8 Å². The van der Waals surface area contributed by atoms with E-state index in [0.717, 1.165) is 37.4 Å². The number of hydrogen-bond donors (Lipinski definition) is 0. The summed E-state index contributed by atoms with van der Waals surface area (Å²) in [6.07, 6.45) is 12.5. The molecule has 0 aromatic carbocycles. The van der Waals surface area contributed by atoms with Crippen molar-refractivity contribution in [2.45, 2.75) is 44.9 Å². The molecule has 5 nitrogen and oxygen atoms in total. The topological polar surface area (TPSA) is 46.8 Å². The Bertz CT molecular complexity index is 668. The zero-order valence-electron chi connectivity index (χ0n) is 13.3. The fourth-order valence-electron chi connectivity index (χ4n) is 3.60. The van der Waals surface area contributed by atoms with Gasteiger partial charge in [0, 0.05) is 37.6 Å². The average molecular weight is 297 g/mol. The Morgan fingerprint density at radius 3 is 2.50 bits per heavy atom. The van der Waals surface area contributed by atoms with Crippen LogP contribution >= 0.6 is 0 Å². The average Bonchev–Trinajstić information content (AvgIpc) is 3.08. The first kappa shape index (κ1) is 13.7. The third kappa shape index (κ3) is 2.49. The summed E-state index contributed by atoms with van der Waals surface area (Å²) in [4.78, 5) is 16.7. The second-order valence-electron chi connectivity index (χ2n) is 6.48. The molecule has 0 spiro atoms. The molecule has 4 rings (SSSR count). The van der Waals surface area contributed by atoms with Crippen molar-refractivity contribution in [3.05, 3.63) is 23.8 Å². The molecule has 0 amide bonds. The second-order valence-corrected chi connectivity index (χ2v) is 6.48. The molecule has 2 aromatic heterocycles. The Balaban J connectivity index is 1.77. The molecular formula is C17H23N5. The van der Waals surface area contributed by atoms with E-state index in [1.807, 2.05) is 24.1 Å². The highest BCUT2D eigenvalue weighted by Gasteiger charge is 2.24. The smallest absolute Gasteiger partial charge is 0.182 e. The SMILES string of the molecule is Cn1cnc(-c2nc3c(c(N4CCCCCC4)n2)CCC3)c1. The molecule has 0 bridgehead atoms. The first-order valence-corrected chi connectivity index (χ1v) is 8.44. The molecular weight excluding hydrogens is 274 g/mol. The number of fused-ring (bicyclic) bond motifs is 1. The van der Waals surface area contributed by atoms with Crippen molar-refractivity contribution in [3.63, 3.8) is 0 Å². The standard InChI is InChI=1S/C17H23N5/c1-21-11-15(18-12-21)16-19-14-8-6-7-13(14)17(20-16)22-9-4-2-3-5-10-22/h11-12H,2-10H2,1H3. The predicted octanol–water partition coefficient (Wildman–Crippen LogP) is 2.75. The van der Waals surface area contributed by atoms with E-state index in [-0.39, 0.29) is 0 Å². The summed E-state index contributed by atoms with van der Waals surface area (Å²) in [5.41, 5.74) is 3.52. The van der Waals surface area contributed by atoms with Gasteiger partial charge >= 0.3 is 0 Å². The summed E-state index contributed by atoms with van der Waals surface area (Å²) in [5, 5.41) is 0. The first-order chi connectivity index (χ1) is 10.8. The molecule has 1 aliphatic heterocycles. The molecule has 2 aromatic rings. The van der Waals surface area contributed by atoms with Crippen LogP contribution in [0.5, 0.6) is 0 Å². The first-order valence-electron chi connectivity index (χ1n) is 8.44. The summed E-state index contributed by atoms with van der Waals surface area (Å²) in [6.45, 7) is 2.26. The maximum absolute atomic E-state index is 4.93. The minimum absolute atomic E-state index is 0.792. The van der Waals surface area contributed by atoms with Gasteiger partial charge in [0.25, 0.3) is 0 Å². The van der Waals surface area contributed by atoms with E-state index < -0.39 is 0 Å². The molecule has 5 heteroatoms. The lowest BCUT2D eigenvalue weighted by Gasteiger charge is -2.24. The molecule has 1 aliphatic carbocycles. The molecule has 1 fully saturated rings. The van der Waals surface area contributed by atoms with Crippen molar-refractivity contribution in [1.29, 1.82) is 0 Å². The van der Waals surface area contributed by atoms with Crippen molar-refractivity contribution >= 4 is 5.82 Å². The number of nitrogens with zero attached hydrogens (tertiary/aromatic N) is 5. The molecule has 0 N–H and O–H groups in total. The zero-order chi connectivity index (χ0) is 14.9. The molecule has 2 aliphatic rings. The number of rotatable bonds is 2. The summed E-state index contributed by atoms with van der Waals surface area (Å²) in [7, 11) is 1.99. The van der Waals surface area contributed by atoms with Gasteiger partial charge in [-0.05, 0) is 32.1 Å². The number of aromatic nitrogens is 4.